The van der Waals surface area contributed by atoms with Gasteiger partial charge in [-0.2, -0.15) is 0 Å². The van der Waals surface area contributed by atoms with Crippen LogP contribution in [-0.2, 0) is 4.74 Å². The molecule has 2 saturated heterocycles. The Labute approximate surface area is 113 Å². The van der Waals surface area contributed by atoms with E-state index in [-0.39, 0.29) is 0 Å². The molecule has 106 valence electrons. The van der Waals surface area contributed by atoms with Crippen LogP contribution in [-0.4, -0.2) is 25.3 Å². The monoisotopic (exact) mass is 253 g/mol. The van der Waals surface area contributed by atoms with Crippen molar-refractivity contribution in [3.8, 4) is 0 Å². The van der Waals surface area contributed by atoms with Gasteiger partial charge in [0.2, 0.25) is 0 Å². The van der Waals surface area contributed by atoms with Crippen molar-refractivity contribution in [2.45, 2.75) is 76.7 Å². The van der Waals surface area contributed by atoms with E-state index in [1.165, 1.54) is 70.8 Å². The minimum Gasteiger partial charge on any atom is -0.381 e. The lowest BCUT2D eigenvalue weighted by Crippen LogP contribution is -2.39. The fourth-order valence-corrected chi connectivity index (χ4v) is 3.83. The van der Waals surface area contributed by atoms with E-state index in [1.807, 2.05) is 0 Å². The van der Waals surface area contributed by atoms with Crippen molar-refractivity contribution in [3.63, 3.8) is 0 Å². The Bertz CT molecular complexity index is 217. The first-order chi connectivity index (χ1) is 8.85. The molecule has 2 aliphatic rings. The second kappa shape index (κ2) is 7.49. The average molecular weight is 253 g/mol. The predicted molar refractivity (Wildman–Crippen MR) is 76.9 cm³/mol. The zero-order valence-electron chi connectivity index (χ0n) is 12.2. The van der Waals surface area contributed by atoms with Crippen LogP contribution in [0.5, 0.6) is 0 Å². The van der Waals surface area contributed by atoms with Gasteiger partial charge in [0.05, 0.1) is 0 Å². The normalized spacial score (nSPS) is 29.8. The van der Waals surface area contributed by atoms with E-state index in [9.17, 15) is 0 Å². The van der Waals surface area contributed by atoms with Crippen LogP contribution in [0.4, 0.5) is 0 Å². The number of nitrogens with one attached hydrogen (secondary N) is 1. The van der Waals surface area contributed by atoms with Crippen LogP contribution in [0.1, 0.15) is 71.1 Å². The minimum absolute atomic E-state index is 0.518. The number of ether oxygens (including phenoxy) is 1. The van der Waals surface area contributed by atoms with Gasteiger partial charge in [-0.25, -0.2) is 0 Å². The summed E-state index contributed by atoms with van der Waals surface area (Å²) in [7, 11) is 0. The molecule has 2 heterocycles. The molecule has 18 heavy (non-hydrogen) atoms. The molecule has 2 aliphatic heterocycles. The van der Waals surface area contributed by atoms with Crippen LogP contribution >= 0.6 is 0 Å². The highest BCUT2D eigenvalue weighted by Crippen LogP contribution is 2.31. The summed E-state index contributed by atoms with van der Waals surface area (Å²) in [5, 5.41) is 3.79. The Morgan fingerprint density at radius 1 is 1.17 bits per heavy atom. The summed E-state index contributed by atoms with van der Waals surface area (Å²) in [6, 6.07) is 0. The van der Waals surface area contributed by atoms with Crippen LogP contribution in [0.3, 0.4) is 0 Å². The molecule has 0 aromatic heterocycles. The molecule has 2 rings (SSSR count). The van der Waals surface area contributed by atoms with Crippen molar-refractivity contribution >= 4 is 0 Å². The molecule has 1 atom stereocenters. The second-order valence-corrected chi connectivity index (χ2v) is 6.36. The van der Waals surface area contributed by atoms with Crippen LogP contribution < -0.4 is 5.32 Å². The van der Waals surface area contributed by atoms with Crippen molar-refractivity contribution in [1.82, 2.24) is 5.32 Å². The van der Waals surface area contributed by atoms with Gasteiger partial charge in [-0.1, -0.05) is 32.6 Å². The topological polar surface area (TPSA) is 21.3 Å². The third-order valence-corrected chi connectivity index (χ3v) is 4.92. The number of rotatable bonds is 7. The van der Waals surface area contributed by atoms with Crippen molar-refractivity contribution in [2.75, 3.05) is 19.8 Å². The fraction of sp³-hybridized carbons (Fsp3) is 1.00. The summed E-state index contributed by atoms with van der Waals surface area (Å²) < 4.78 is 5.43. The number of hydrogen-bond acceptors (Lipinski definition) is 2. The third kappa shape index (κ3) is 4.24. The largest absolute Gasteiger partial charge is 0.381 e. The van der Waals surface area contributed by atoms with Gasteiger partial charge in [-0.3, -0.25) is 0 Å². The highest BCUT2D eigenvalue weighted by molar-refractivity contribution is 4.92. The Kier molecular flexibility index (Phi) is 5.97. The summed E-state index contributed by atoms with van der Waals surface area (Å²) in [5.74, 6) is 0.956. The molecule has 2 heteroatoms. The van der Waals surface area contributed by atoms with Gasteiger partial charge in [-0.15, -0.1) is 0 Å². The third-order valence-electron chi connectivity index (χ3n) is 4.92. The van der Waals surface area contributed by atoms with Crippen molar-refractivity contribution < 1.29 is 4.74 Å². The molecule has 2 nitrogen and oxygen atoms in total. The van der Waals surface area contributed by atoms with Gasteiger partial charge in [-0.05, 0) is 51.0 Å². The summed E-state index contributed by atoms with van der Waals surface area (Å²) in [4.78, 5) is 0. The lowest BCUT2D eigenvalue weighted by atomic mass is 9.85. The van der Waals surface area contributed by atoms with Crippen molar-refractivity contribution in [2.24, 2.45) is 5.92 Å². The van der Waals surface area contributed by atoms with E-state index in [0.29, 0.717) is 5.54 Å². The van der Waals surface area contributed by atoms with Gasteiger partial charge in [0.1, 0.15) is 0 Å². The van der Waals surface area contributed by atoms with E-state index in [0.717, 1.165) is 19.1 Å². The predicted octanol–water partition coefficient (Wildman–Crippen LogP) is 3.90. The Morgan fingerprint density at radius 3 is 2.67 bits per heavy atom. The first-order valence-electron chi connectivity index (χ1n) is 8.17. The fourth-order valence-electron chi connectivity index (χ4n) is 3.83. The molecule has 0 aromatic rings. The smallest absolute Gasteiger partial charge is 0.0468 e. The van der Waals surface area contributed by atoms with E-state index in [1.54, 1.807) is 0 Å². The maximum Gasteiger partial charge on any atom is 0.0468 e. The van der Waals surface area contributed by atoms with Crippen LogP contribution in [0, 0.1) is 5.92 Å². The first kappa shape index (κ1) is 14.3. The highest BCUT2D eigenvalue weighted by Gasteiger charge is 2.31. The van der Waals surface area contributed by atoms with Crippen molar-refractivity contribution in [1.29, 1.82) is 0 Å². The Morgan fingerprint density at radius 2 is 2.00 bits per heavy atom. The van der Waals surface area contributed by atoms with E-state index >= 15 is 0 Å². The standard InChI is InChI=1S/C16H31NO/c1-2-9-16(11-5-12-17-16)10-4-3-6-15-7-13-18-14-8-15/h15,17H,2-14H2,1H3. The molecule has 0 amide bonds. The molecule has 0 aromatic carbocycles. The molecule has 0 radical (unpaired) electrons. The van der Waals surface area contributed by atoms with Crippen LogP contribution in [0.15, 0.2) is 0 Å². The number of hydrogen-bond donors (Lipinski definition) is 1. The van der Waals surface area contributed by atoms with Gasteiger partial charge >= 0.3 is 0 Å². The van der Waals surface area contributed by atoms with Gasteiger partial charge in [0, 0.05) is 18.8 Å². The summed E-state index contributed by atoms with van der Waals surface area (Å²) >= 11 is 0. The second-order valence-electron chi connectivity index (χ2n) is 6.36. The van der Waals surface area contributed by atoms with E-state index in [2.05, 4.69) is 12.2 Å². The van der Waals surface area contributed by atoms with Gasteiger partial charge in [0.25, 0.3) is 0 Å². The Balaban J connectivity index is 1.61. The molecule has 1 unspecified atom stereocenters. The van der Waals surface area contributed by atoms with Crippen molar-refractivity contribution in [3.05, 3.63) is 0 Å². The molecule has 0 spiro atoms. The highest BCUT2D eigenvalue weighted by atomic mass is 16.5. The van der Waals surface area contributed by atoms with E-state index in [4.69, 9.17) is 4.74 Å². The molecular formula is C16H31NO. The van der Waals surface area contributed by atoms with Gasteiger partial charge < -0.3 is 10.1 Å². The quantitative estimate of drug-likeness (QED) is 0.695. The molecule has 2 fully saturated rings. The zero-order valence-corrected chi connectivity index (χ0v) is 12.2. The SMILES string of the molecule is CCCC1(CCCCC2CCOCC2)CCCN1. The zero-order chi connectivity index (χ0) is 12.7. The Hall–Kier alpha value is -0.0800. The summed E-state index contributed by atoms with van der Waals surface area (Å²) in [5.41, 5.74) is 0.518. The molecule has 0 saturated carbocycles. The summed E-state index contributed by atoms with van der Waals surface area (Å²) in [6.45, 7) is 5.59. The molecule has 0 bridgehead atoms. The van der Waals surface area contributed by atoms with Crippen LogP contribution in [0.2, 0.25) is 0 Å². The average Bonchev–Trinajstić information content (AvgIpc) is 2.86. The maximum absolute atomic E-state index is 5.43. The molecule has 0 aliphatic carbocycles. The van der Waals surface area contributed by atoms with E-state index < -0.39 is 0 Å². The van der Waals surface area contributed by atoms with Crippen LogP contribution in [0.25, 0.3) is 0 Å². The molecule has 1 N–H and O–H groups in total. The van der Waals surface area contributed by atoms with Gasteiger partial charge in [0.15, 0.2) is 0 Å². The minimum atomic E-state index is 0.518. The summed E-state index contributed by atoms with van der Waals surface area (Å²) in [6.07, 6.45) is 13.8. The maximum atomic E-state index is 5.43. The first-order valence-corrected chi connectivity index (χ1v) is 8.17. The molecular weight excluding hydrogens is 222 g/mol. The lowest BCUT2D eigenvalue weighted by Gasteiger charge is -2.30. The lowest BCUT2D eigenvalue weighted by molar-refractivity contribution is 0.0629. The number of unbranched alkanes of at least 4 members (excludes halogenated alkanes) is 1.